The smallest absolute Gasteiger partial charge is 0.411 e. The highest BCUT2D eigenvalue weighted by atomic mass is 19.1. The van der Waals surface area contributed by atoms with Gasteiger partial charge in [0.2, 0.25) is 0 Å². The third-order valence-corrected chi connectivity index (χ3v) is 8.27. The van der Waals surface area contributed by atoms with Crippen molar-refractivity contribution in [3.05, 3.63) is 65.2 Å². The topological polar surface area (TPSA) is 68.3 Å². The highest BCUT2D eigenvalue weighted by Crippen LogP contribution is 2.44. The molecule has 1 heterocycles. The van der Waals surface area contributed by atoms with Crippen molar-refractivity contribution in [2.45, 2.75) is 82.6 Å². The monoisotopic (exact) mass is 572 g/mol. The van der Waals surface area contributed by atoms with E-state index in [9.17, 15) is 18.4 Å². The molecule has 0 spiro atoms. The number of carbonyl (C=O) groups excluding carboxylic acids is 2. The molecule has 0 aromatic heterocycles. The summed E-state index contributed by atoms with van der Waals surface area (Å²) in [6, 6.07) is 10.7. The van der Waals surface area contributed by atoms with Crippen LogP contribution in [0.1, 0.15) is 64.0 Å². The van der Waals surface area contributed by atoms with Gasteiger partial charge in [0, 0.05) is 18.0 Å². The maximum absolute atomic E-state index is 14.7. The van der Waals surface area contributed by atoms with Gasteiger partial charge in [-0.15, -0.1) is 0 Å². The average molecular weight is 573 g/mol. The summed E-state index contributed by atoms with van der Waals surface area (Å²) in [5, 5.41) is 0. The third-order valence-electron chi connectivity index (χ3n) is 8.27. The molecule has 7 nitrogen and oxygen atoms in total. The van der Waals surface area contributed by atoms with Gasteiger partial charge in [0.25, 0.3) is 0 Å². The molecule has 41 heavy (non-hydrogen) atoms. The number of ether oxygens (including phenoxy) is 3. The highest BCUT2D eigenvalue weighted by molar-refractivity contribution is 5.82. The van der Waals surface area contributed by atoms with Crippen molar-refractivity contribution < 1.29 is 32.6 Å². The standard InChI is InChI=1S/C32H42F2N2O5/c1-31(2,3)41-30(38)36-20-27(19-28(36)29(37)39-6)40-26-16-22(15-25(34)18-26)14-21-10-12-32(13-11-21,35(4)5)23-8-7-9-24(33)17-23/h7-9,15-18,21,27-28H,10-14,19-20H2,1-6H3/t21?,27-,28-,32?/m0/s1. The summed E-state index contributed by atoms with van der Waals surface area (Å²) >= 11 is 0. The van der Waals surface area contributed by atoms with E-state index in [0.717, 1.165) is 36.8 Å². The van der Waals surface area contributed by atoms with Crippen LogP contribution in [0.4, 0.5) is 13.6 Å². The van der Waals surface area contributed by atoms with Crippen molar-refractivity contribution in [3.8, 4) is 5.75 Å². The lowest BCUT2D eigenvalue weighted by molar-refractivity contribution is -0.145. The first-order chi connectivity index (χ1) is 19.3. The molecule has 0 unspecified atom stereocenters. The van der Waals surface area contributed by atoms with E-state index in [4.69, 9.17) is 14.2 Å². The van der Waals surface area contributed by atoms with Crippen LogP contribution in [0.5, 0.6) is 5.75 Å². The van der Waals surface area contributed by atoms with Crippen LogP contribution >= 0.6 is 0 Å². The molecule has 2 atom stereocenters. The van der Waals surface area contributed by atoms with Crippen LogP contribution in [-0.4, -0.2) is 67.4 Å². The Bertz CT molecular complexity index is 1240. The van der Waals surface area contributed by atoms with Crippen molar-refractivity contribution in [2.75, 3.05) is 27.7 Å². The van der Waals surface area contributed by atoms with E-state index in [1.165, 1.54) is 30.2 Å². The molecule has 0 radical (unpaired) electrons. The van der Waals surface area contributed by atoms with E-state index in [2.05, 4.69) is 4.90 Å². The number of rotatable bonds is 7. The Hall–Kier alpha value is -3.20. The molecule has 9 heteroatoms. The summed E-state index contributed by atoms with van der Waals surface area (Å²) in [7, 11) is 5.35. The lowest BCUT2D eigenvalue weighted by Gasteiger charge is -2.45. The Morgan fingerprint density at radius 1 is 1.05 bits per heavy atom. The molecule has 2 aliphatic rings. The second-order valence-electron chi connectivity index (χ2n) is 12.5. The van der Waals surface area contributed by atoms with E-state index in [1.54, 1.807) is 32.9 Å². The number of nitrogens with zero attached hydrogens (tertiary/aromatic N) is 2. The van der Waals surface area contributed by atoms with Crippen LogP contribution in [0.25, 0.3) is 0 Å². The lowest BCUT2D eigenvalue weighted by atomic mass is 9.70. The summed E-state index contributed by atoms with van der Waals surface area (Å²) in [5.41, 5.74) is 0.869. The van der Waals surface area contributed by atoms with Crippen LogP contribution in [0.2, 0.25) is 0 Å². The summed E-state index contributed by atoms with van der Waals surface area (Å²) in [5.74, 6) is -0.469. The zero-order chi connectivity index (χ0) is 29.9. The zero-order valence-corrected chi connectivity index (χ0v) is 24.9. The maximum atomic E-state index is 14.7. The van der Waals surface area contributed by atoms with Gasteiger partial charge in [-0.05, 0) is 108 Å². The normalized spacial score (nSPS) is 24.8. The van der Waals surface area contributed by atoms with Crippen LogP contribution < -0.4 is 4.74 Å². The van der Waals surface area contributed by atoms with Crippen molar-refractivity contribution in [1.82, 2.24) is 9.80 Å². The first-order valence-electron chi connectivity index (χ1n) is 14.3. The second-order valence-corrected chi connectivity index (χ2v) is 12.5. The van der Waals surface area contributed by atoms with Gasteiger partial charge in [0.05, 0.1) is 13.7 Å². The van der Waals surface area contributed by atoms with Gasteiger partial charge in [0.15, 0.2) is 0 Å². The number of hydrogen-bond donors (Lipinski definition) is 0. The summed E-state index contributed by atoms with van der Waals surface area (Å²) in [6.45, 7) is 5.38. The van der Waals surface area contributed by atoms with Crippen LogP contribution in [-0.2, 0) is 26.2 Å². The van der Waals surface area contributed by atoms with E-state index in [0.29, 0.717) is 18.1 Å². The van der Waals surface area contributed by atoms with Gasteiger partial charge >= 0.3 is 12.1 Å². The number of likely N-dealkylation sites (tertiary alicyclic amines) is 1. The van der Waals surface area contributed by atoms with E-state index >= 15 is 0 Å². The molecule has 2 aromatic rings. The summed E-state index contributed by atoms with van der Waals surface area (Å²) in [6.07, 6.45) is 3.37. The predicted molar refractivity (Wildman–Crippen MR) is 152 cm³/mol. The molecule has 2 fully saturated rings. The van der Waals surface area contributed by atoms with Gasteiger partial charge in [-0.25, -0.2) is 18.4 Å². The minimum Gasteiger partial charge on any atom is -0.488 e. The molecule has 1 amide bonds. The zero-order valence-electron chi connectivity index (χ0n) is 24.9. The maximum Gasteiger partial charge on any atom is 0.411 e. The molecule has 2 aromatic carbocycles. The minimum atomic E-state index is -0.842. The van der Waals surface area contributed by atoms with Crippen LogP contribution in [0, 0.1) is 17.6 Å². The molecule has 1 aliphatic carbocycles. The number of benzene rings is 2. The Morgan fingerprint density at radius 3 is 2.37 bits per heavy atom. The van der Waals surface area contributed by atoms with Crippen molar-refractivity contribution in [1.29, 1.82) is 0 Å². The Labute approximate surface area is 241 Å². The van der Waals surface area contributed by atoms with E-state index in [1.807, 2.05) is 26.2 Å². The number of hydrogen-bond acceptors (Lipinski definition) is 6. The summed E-state index contributed by atoms with van der Waals surface area (Å²) < 4.78 is 45.2. The Morgan fingerprint density at radius 2 is 1.76 bits per heavy atom. The molecule has 0 bridgehead atoms. The summed E-state index contributed by atoms with van der Waals surface area (Å²) in [4.78, 5) is 28.7. The Balaban J connectivity index is 1.42. The molecule has 0 N–H and O–H groups in total. The van der Waals surface area contributed by atoms with Crippen molar-refractivity contribution >= 4 is 12.1 Å². The highest BCUT2D eigenvalue weighted by Gasteiger charge is 2.43. The van der Waals surface area contributed by atoms with Gasteiger partial charge in [-0.2, -0.15) is 0 Å². The SMILES string of the molecule is COC(=O)[C@@H]1C[C@H](Oc2cc(F)cc(CC3CCC(c4cccc(F)c4)(N(C)C)CC3)c2)CN1C(=O)OC(C)(C)C. The fourth-order valence-electron chi connectivity index (χ4n) is 6.23. The van der Waals surface area contributed by atoms with E-state index in [-0.39, 0.29) is 24.3 Å². The fraction of sp³-hybridized carbons (Fsp3) is 0.562. The Kier molecular flexibility index (Phi) is 9.26. The number of methoxy groups -OCH3 is 1. The van der Waals surface area contributed by atoms with Gasteiger partial charge in [-0.1, -0.05) is 12.1 Å². The third kappa shape index (κ3) is 7.36. The molecule has 1 saturated carbocycles. The minimum absolute atomic E-state index is 0.121. The quantitative estimate of drug-likeness (QED) is 0.375. The molecule has 1 saturated heterocycles. The molecule has 1 aliphatic heterocycles. The number of halogens is 2. The second kappa shape index (κ2) is 12.3. The number of esters is 1. The largest absolute Gasteiger partial charge is 0.488 e. The first kappa shape index (κ1) is 30.8. The fourth-order valence-corrected chi connectivity index (χ4v) is 6.23. The van der Waals surface area contributed by atoms with Crippen molar-refractivity contribution in [3.63, 3.8) is 0 Å². The average Bonchev–Trinajstić information content (AvgIpc) is 3.31. The number of carbonyl (C=O) groups is 2. The van der Waals surface area contributed by atoms with Gasteiger partial charge in [0.1, 0.15) is 35.1 Å². The first-order valence-corrected chi connectivity index (χ1v) is 14.3. The van der Waals surface area contributed by atoms with Gasteiger partial charge in [-0.3, -0.25) is 9.80 Å². The lowest BCUT2D eigenvalue weighted by Crippen LogP contribution is -2.44. The predicted octanol–water partition coefficient (Wildman–Crippen LogP) is 6.08. The van der Waals surface area contributed by atoms with Crippen molar-refractivity contribution in [2.24, 2.45) is 5.92 Å². The van der Waals surface area contributed by atoms with Crippen LogP contribution in [0.3, 0.4) is 0 Å². The van der Waals surface area contributed by atoms with Crippen LogP contribution in [0.15, 0.2) is 42.5 Å². The molecule has 4 rings (SSSR count). The number of amides is 1. The van der Waals surface area contributed by atoms with E-state index < -0.39 is 35.6 Å². The molecular weight excluding hydrogens is 530 g/mol. The van der Waals surface area contributed by atoms with Gasteiger partial charge < -0.3 is 14.2 Å². The molecular formula is C32H42F2N2O5. The molecule has 224 valence electrons.